The number of halogens is 1. The number of aliphatic hydroxyl groups excluding tert-OH is 1. The summed E-state index contributed by atoms with van der Waals surface area (Å²) >= 11 is 6.46. The number of aliphatic hydroxyl groups is 1. The zero-order valence-electron chi connectivity index (χ0n) is 14.1. The van der Waals surface area contributed by atoms with E-state index >= 15 is 0 Å². The molecule has 0 bridgehead atoms. The van der Waals surface area contributed by atoms with Crippen LogP contribution in [-0.2, 0) is 0 Å². The van der Waals surface area contributed by atoms with Gasteiger partial charge >= 0.3 is 0 Å². The summed E-state index contributed by atoms with van der Waals surface area (Å²) in [5.74, 6) is 0.999. The summed E-state index contributed by atoms with van der Waals surface area (Å²) < 4.78 is 1.80. The molecule has 3 aromatic heterocycles. The van der Waals surface area contributed by atoms with Crippen molar-refractivity contribution in [3.05, 3.63) is 47.4 Å². The first-order chi connectivity index (χ1) is 12.6. The van der Waals surface area contributed by atoms with Crippen molar-refractivity contribution < 1.29 is 5.11 Å². The summed E-state index contributed by atoms with van der Waals surface area (Å²) in [5, 5.41) is 13.0. The standard InChI is InChI=1S/C18H17ClN6O/c1-10-3-2-4-12(19)15(10)11-7-13-18(24-17(11)22-5-6-26)25-9-21-8-14(25)16(20)23-13/h2-4,7-9,26H,5-6H2,1H3,(H2,20,23)(H,22,24). The molecule has 0 aliphatic carbocycles. The van der Waals surface area contributed by atoms with Crippen LogP contribution >= 0.6 is 11.6 Å². The summed E-state index contributed by atoms with van der Waals surface area (Å²) in [6, 6.07) is 7.64. The number of pyridine rings is 1. The lowest BCUT2D eigenvalue weighted by Crippen LogP contribution is -2.10. The number of hydrogen-bond donors (Lipinski definition) is 3. The van der Waals surface area contributed by atoms with Gasteiger partial charge in [-0.15, -0.1) is 0 Å². The lowest BCUT2D eigenvalue weighted by Gasteiger charge is -2.16. The van der Waals surface area contributed by atoms with Crippen molar-refractivity contribution in [1.29, 1.82) is 0 Å². The van der Waals surface area contributed by atoms with Crippen LogP contribution in [0.1, 0.15) is 5.56 Å². The van der Waals surface area contributed by atoms with Crippen molar-refractivity contribution in [2.75, 3.05) is 24.2 Å². The van der Waals surface area contributed by atoms with Gasteiger partial charge < -0.3 is 16.2 Å². The fraction of sp³-hybridized carbons (Fsp3) is 0.167. The number of aryl methyl sites for hydroxylation is 1. The molecule has 3 heterocycles. The van der Waals surface area contributed by atoms with Gasteiger partial charge in [-0.25, -0.2) is 15.0 Å². The van der Waals surface area contributed by atoms with Crippen LogP contribution in [0.5, 0.6) is 0 Å². The van der Waals surface area contributed by atoms with Gasteiger partial charge in [-0.1, -0.05) is 23.7 Å². The van der Waals surface area contributed by atoms with Gasteiger partial charge in [0, 0.05) is 22.7 Å². The van der Waals surface area contributed by atoms with Crippen LogP contribution in [0, 0.1) is 6.92 Å². The molecule has 0 unspecified atom stereocenters. The van der Waals surface area contributed by atoms with Gasteiger partial charge in [0.05, 0.1) is 12.8 Å². The molecule has 4 aromatic rings. The first kappa shape index (κ1) is 16.6. The zero-order chi connectivity index (χ0) is 18.3. The molecule has 0 amide bonds. The van der Waals surface area contributed by atoms with E-state index < -0.39 is 0 Å². The SMILES string of the molecule is Cc1cccc(Cl)c1-c1cc2nc(N)c3cncn3c2nc1NCCO. The van der Waals surface area contributed by atoms with Gasteiger partial charge in [0.15, 0.2) is 5.65 Å². The number of benzene rings is 1. The molecule has 8 heteroatoms. The normalized spacial score (nSPS) is 11.3. The Labute approximate surface area is 154 Å². The van der Waals surface area contributed by atoms with Crippen LogP contribution in [0.4, 0.5) is 11.6 Å². The fourth-order valence-corrected chi connectivity index (χ4v) is 3.39. The smallest absolute Gasteiger partial charge is 0.167 e. The third kappa shape index (κ3) is 2.61. The van der Waals surface area contributed by atoms with Crippen molar-refractivity contribution in [3.8, 4) is 11.1 Å². The monoisotopic (exact) mass is 368 g/mol. The van der Waals surface area contributed by atoms with Crippen molar-refractivity contribution in [2.45, 2.75) is 6.92 Å². The number of nitrogens with two attached hydrogens (primary N) is 1. The molecule has 0 saturated carbocycles. The highest BCUT2D eigenvalue weighted by Crippen LogP contribution is 2.37. The van der Waals surface area contributed by atoms with Crippen molar-refractivity contribution in [1.82, 2.24) is 19.4 Å². The number of nitrogens with one attached hydrogen (secondary N) is 1. The summed E-state index contributed by atoms with van der Waals surface area (Å²) in [5.41, 5.74) is 10.7. The van der Waals surface area contributed by atoms with E-state index in [0.717, 1.165) is 16.7 Å². The number of nitrogen functional groups attached to an aromatic ring is 1. The molecular weight excluding hydrogens is 352 g/mol. The summed E-state index contributed by atoms with van der Waals surface area (Å²) in [4.78, 5) is 13.3. The average Bonchev–Trinajstić information content (AvgIpc) is 3.11. The molecule has 4 N–H and O–H groups in total. The molecule has 0 aliphatic heterocycles. The second-order valence-electron chi connectivity index (χ2n) is 5.96. The Morgan fingerprint density at radius 1 is 1.31 bits per heavy atom. The highest BCUT2D eigenvalue weighted by Gasteiger charge is 2.17. The molecule has 1 aromatic carbocycles. The van der Waals surface area contributed by atoms with Gasteiger partial charge in [0.2, 0.25) is 0 Å². The lowest BCUT2D eigenvalue weighted by atomic mass is 10.0. The summed E-state index contributed by atoms with van der Waals surface area (Å²) in [6.45, 7) is 2.34. The number of rotatable bonds is 4. The van der Waals surface area contributed by atoms with E-state index in [1.807, 2.05) is 31.2 Å². The zero-order valence-corrected chi connectivity index (χ0v) is 14.8. The van der Waals surface area contributed by atoms with E-state index in [4.69, 9.17) is 22.3 Å². The van der Waals surface area contributed by atoms with E-state index in [1.54, 1.807) is 16.9 Å². The minimum absolute atomic E-state index is 0.0128. The Hall–Kier alpha value is -2.90. The average molecular weight is 369 g/mol. The quantitative estimate of drug-likeness (QED) is 0.512. The van der Waals surface area contributed by atoms with Gasteiger partial charge in [0.1, 0.15) is 29.0 Å². The summed E-state index contributed by atoms with van der Waals surface area (Å²) in [7, 11) is 0. The summed E-state index contributed by atoms with van der Waals surface area (Å²) in [6.07, 6.45) is 3.30. The maximum Gasteiger partial charge on any atom is 0.167 e. The van der Waals surface area contributed by atoms with Crippen molar-refractivity contribution >= 4 is 39.9 Å². The first-order valence-electron chi connectivity index (χ1n) is 8.12. The number of anilines is 2. The number of fused-ring (bicyclic) bond motifs is 3. The number of hydrogen-bond acceptors (Lipinski definition) is 6. The van der Waals surface area contributed by atoms with Gasteiger partial charge in [-0.3, -0.25) is 4.40 Å². The fourth-order valence-electron chi connectivity index (χ4n) is 3.07. The van der Waals surface area contributed by atoms with Crippen LogP contribution in [-0.4, -0.2) is 37.6 Å². The van der Waals surface area contributed by atoms with E-state index in [0.29, 0.717) is 39.9 Å². The Kier molecular flexibility index (Phi) is 4.10. The third-order valence-corrected chi connectivity index (χ3v) is 4.56. The molecule has 0 aliphatic rings. The predicted molar refractivity (Wildman–Crippen MR) is 103 cm³/mol. The molecule has 0 atom stereocenters. The topological polar surface area (TPSA) is 101 Å². The molecule has 0 saturated heterocycles. The molecule has 4 rings (SSSR count). The number of aromatic nitrogens is 4. The molecule has 0 spiro atoms. The van der Waals surface area contributed by atoms with Crippen LogP contribution in [0.15, 0.2) is 36.8 Å². The second kappa shape index (κ2) is 6.44. The maximum atomic E-state index is 9.23. The molecule has 132 valence electrons. The van der Waals surface area contributed by atoms with E-state index in [9.17, 15) is 5.11 Å². The molecule has 26 heavy (non-hydrogen) atoms. The van der Waals surface area contributed by atoms with Crippen LogP contribution in [0.2, 0.25) is 5.02 Å². The van der Waals surface area contributed by atoms with E-state index in [2.05, 4.69) is 15.3 Å². The number of nitrogens with zero attached hydrogens (tertiary/aromatic N) is 4. The highest BCUT2D eigenvalue weighted by molar-refractivity contribution is 6.33. The predicted octanol–water partition coefficient (Wildman–Crippen LogP) is 2.89. The Balaban J connectivity index is 2.06. The van der Waals surface area contributed by atoms with Crippen molar-refractivity contribution in [3.63, 3.8) is 0 Å². The minimum atomic E-state index is -0.0128. The lowest BCUT2D eigenvalue weighted by molar-refractivity contribution is 0.311. The van der Waals surface area contributed by atoms with Crippen molar-refractivity contribution in [2.24, 2.45) is 0 Å². The Bertz CT molecular complexity index is 1100. The largest absolute Gasteiger partial charge is 0.395 e. The first-order valence-corrected chi connectivity index (χ1v) is 8.50. The van der Waals surface area contributed by atoms with Crippen LogP contribution in [0.25, 0.3) is 27.8 Å². The van der Waals surface area contributed by atoms with E-state index in [-0.39, 0.29) is 6.61 Å². The minimum Gasteiger partial charge on any atom is -0.395 e. The Morgan fingerprint density at radius 2 is 2.15 bits per heavy atom. The molecule has 0 fully saturated rings. The maximum absolute atomic E-state index is 9.23. The third-order valence-electron chi connectivity index (χ3n) is 4.25. The van der Waals surface area contributed by atoms with Gasteiger partial charge in [-0.05, 0) is 24.6 Å². The number of imidazole rings is 1. The Morgan fingerprint density at radius 3 is 2.92 bits per heavy atom. The van der Waals surface area contributed by atoms with E-state index in [1.165, 1.54) is 0 Å². The highest BCUT2D eigenvalue weighted by atomic mass is 35.5. The van der Waals surface area contributed by atoms with Gasteiger partial charge in [0.25, 0.3) is 0 Å². The molecular formula is C18H17ClN6O. The van der Waals surface area contributed by atoms with Crippen LogP contribution < -0.4 is 11.1 Å². The molecule has 7 nitrogen and oxygen atoms in total. The van der Waals surface area contributed by atoms with Crippen LogP contribution in [0.3, 0.4) is 0 Å². The van der Waals surface area contributed by atoms with Gasteiger partial charge in [-0.2, -0.15) is 0 Å². The second-order valence-corrected chi connectivity index (χ2v) is 6.36. The molecule has 0 radical (unpaired) electrons.